The van der Waals surface area contributed by atoms with Gasteiger partial charge in [-0.2, -0.15) is 13.2 Å². The topological polar surface area (TPSA) is 72.7 Å². The third kappa shape index (κ3) is 4.50. The zero-order valence-corrected chi connectivity index (χ0v) is 15.6. The number of rotatable bonds is 6. The number of amides is 1. The fraction of sp³-hybridized carbons (Fsp3) is 0.222. The van der Waals surface area contributed by atoms with Crippen molar-refractivity contribution in [3.63, 3.8) is 0 Å². The zero-order chi connectivity index (χ0) is 20.1. The van der Waals surface area contributed by atoms with Gasteiger partial charge in [-0.25, -0.2) is 0 Å². The molecule has 0 aliphatic carbocycles. The van der Waals surface area contributed by atoms with E-state index in [0.717, 1.165) is 17.8 Å². The molecule has 0 bridgehead atoms. The summed E-state index contributed by atoms with van der Waals surface area (Å²) in [6, 6.07) is 10.3. The maximum atomic E-state index is 13.0. The van der Waals surface area contributed by atoms with Crippen molar-refractivity contribution in [2.75, 3.05) is 11.1 Å². The van der Waals surface area contributed by atoms with Gasteiger partial charge in [-0.3, -0.25) is 9.78 Å². The lowest BCUT2D eigenvalue weighted by Gasteiger charge is -2.13. The highest BCUT2D eigenvalue weighted by atomic mass is 32.2. The molecule has 0 aliphatic heterocycles. The van der Waals surface area contributed by atoms with Gasteiger partial charge in [0.25, 0.3) is 0 Å². The van der Waals surface area contributed by atoms with E-state index in [4.69, 9.17) is 0 Å². The summed E-state index contributed by atoms with van der Waals surface area (Å²) in [6.45, 7) is 2.46. The number of alkyl halides is 3. The number of aromatic nitrogens is 4. The Labute approximate surface area is 163 Å². The summed E-state index contributed by atoms with van der Waals surface area (Å²) < 4.78 is 40.9. The molecule has 0 radical (unpaired) electrons. The normalized spacial score (nSPS) is 11.4. The Morgan fingerprint density at radius 1 is 1.14 bits per heavy atom. The number of pyridine rings is 1. The number of carbonyl (C=O) groups is 1. The van der Waals surface area contributed by atoms with Crippen LogP contribution in [0.15, 0.2) is 53.8 Å². The van der Waals surface area contributed by atoms with Crippen molar-refractivity contribution in [2.24, 2.45) is 0 Å². The third-order valence-electron chi connectivity index (χ3n) is 3.77. The predicted octanol–water partition coefficient (Wildman–Crippen LogP) is 4.11. The molecule has 28 heavy (non-hydrogen) atoms. The van der Waals surface area contributed by atoms with Crippen LogP contribution >= 0.6 is 11.8 Å². The molecule has 1 aromatic carbocycles. The van der Waals surface area contributed by atoms with Crippen LogP contribution in [0.2, 0.25) is 0 Å². The van der Waals surface area contributed by atoms with Gasteiger partial charge in [-0.1, -0.05) is 30.0 Å². The van der Waals surface area contributed by atoms with Crippen molar-refractivity contribution in [1.29, 1.82) is 0 Å². The molecule has 0 unspecified atom stereocenters. The first-order valence-electron chi connectivity index (χ1n) is 8.33. The molecule has 10 heteroatoms. The average Bonchev–Trinajstić information content (AvgIpc) is 3.09. The van der Waals surface area contributed by atoms with Gasteiger partial charge in [-0.05, 0) is 31.2 Å². The molecule has 1 amide bonds. The van der Waals surface area contributed by atoms with E-state index in [0.29, 0.717) is 23.2 Å². The number of anilines is 1. The van der Waals surface area contributed by atoms with E-state index in [1.54, 1.807) is 22.9 Å². The van der Waals surface area contributed by atoms with E-state index in [1.807, 2.05) is 13.0 Å². The lowest BCUT2D eigenvalue weighted by molar-refractivity contribution is -0.137. The Hall–Kier alpha value is -2.88. The Morgan fingerprint density at radius 3 is 2.57 bits per heavy atom. The minimum Gasteiger partial charge on any atom is -0.325 e. The summed E-state index contributed by atoms with van der Waals surface area (Å²) in [5.74, 6) is -0.104. The summed E-state index contributed by atoms with van der Waals surface area (Å²) in [5.41, 5.74) is -0.512. The van der Waals surface area contributed by atoms with Gasteiger partial charge in [0.05, 0.1) is 17.0 Å². The monoisotopic (exact) mass is 407 g/mol. The number of halogens is 3. The summed E-state index contributed by atoms with van der Waals surface area (Å²) in [5, 5.41) is 11.0. The van der Waals surface area contributed by atoms with Crippen LogP contribution in [-0.2, 0) is 17.5 Å². The first-order valence-corrected chi connectivity index (χ1v) is 9.32. The van der Waals surface area contributed by atoms with Crippen molar-refractivity contribution in [3.05, 3.63) is 54.2 Å². The molecule has 3 aromatic rings. The summed E-state index contributed by atoms with van der Waals surface area (Å²) in [4.78, 5) is 16.4. The first kappa shape index (κ1) is 19.9. The molecule has 0 saturated heterocycles. The van der Waals surface area contributed by atoms with E-state index < -0.39 is 17.6 Å². The Morgan fingerprint density at radius 2 is 1.89 bits per heavy atom. The summed E-state index contributed by atoms with van der Waals surface area (Å²) in [7, 11) is 0. The lowest BCUT2D eigenvalue weighted by atomic mass is 10.1. The van der Waals surface area contributed by atoms with Crippen LogP contribution in [-0.4, -0.2) is 31.4 Å². The maximum absolute atomic E-state index is 13.0. The molecular formula is C18H16F3N5OS. The largest absolute Gasteiger partial charge is 0.418 e. The highest BCUT2D eigenvalue weighted by Gasteiger charge is 2.33. The summed E-state index contributed by atoms with van der Waals surface area (Å²) >= 11 is 1.10. The van der Waals surface area contributed by atoms with E-state index in [-0.39, 0.29) is 11.4 Å². The molecule has 0 spiro atoms. The Kier molecular flexibility index (Phi) is 5.98. The Bertz CT molecular complexity index is 959. The molecule has 0 fully saturated rings. The smallest absolute Gasteiger partial charge is 0.325 e. The molecule has 0 aliphatic rings. The van der Waals surface area contributed by atoms with Crippen LogP contribution < -0.4 is 5.32 Å². The third-order valence-corrected chi connectivity index (χ3v) is 4.73. The van der Waals surface area contributed by atoms with Crippen LogP contribution in [0.5, 0.6) is 0 Å². The van der Waals surface area contributed by atoms with Gasteiger partial charge in [-0.15, -0.1) is 10.2 Å². The van der Waals surface area contributed by atoms with E-state index >= 15 is 0 Å². The highest BCUT2D eigenvalue weighted by Crippen LogP contribution is 2.34. The second-order valence-electron chi connectivity index (χ2n) is 5.65. The number of para-hydroxylation sites is 1. The van der Waals surface area contributed by atoms with Crippen LogP contribution in [0.3, 0.4) is 0 Å². The molecule has 146 valence electrons. The lowest BCUT2D eigenvalue weighted by Crippen LogP contribution is -2.18. The fourth-order valence-electron chi connectivity index (χ4n) is 2.52. The molecule has 0 atom stereocenters. The molecule has 1 N–H and O–H groups in total. The second kappa shape index (κ2) is 8.42. The number of carbonyl (C=O) groups excluding carboxylic acids is 1. The first-order chi connectivity index (χ1) is 13.4. The van der Waals surface area contributed by atoms with Crippen molar-refractivity contribution >= 4 is 23.4 Å². The van der Waals surface area contributed by atoms with Crippen LogP contribution in [0.1, 0.15) is 12.5 Å². The van der Waals surface area contributed by atoms with E-state index in [1.165, 1.54) is 18.2 Å². The SMILES string of the molecule is CCn1c(SCC(=O)Nc2ccccc2C(F)(F)F)nnc1-c1ccccn1. The Balaban J connectivity index is 1.70. The quantitative estimate of drug-likeness (QED) is 0.623. The number of hydrogen-bond acceptors (Lipinski definition) is 5. The highest BCUT2D eigenvalue weighted by molar-refractivity contribution is 7.99. The predicted molar refractivity (Wildman–Crippen MR) is 99.7 cm³/mol. The zero-order valence-electron chi connectivity index (χ0n) is 14.8. The van der Waals surface area contributed by atoms with Gasteiger partial charge in [0, 0.05) is 12.7 Å². The number of nitrogens with zero attached hydrogens (tertiary/aromatic N) is 4. The van der Waals surface area contributed by atoms with Gasteiger partial charge in [0.1, 0.15) is 5.69 Å². The number of nitrogens with one attached hydrogen (secondary N) is 1. The molecule has 6 nitrogen and oxygen atoms in total. The molecule has 3 rings (SSSR count). The van der Waals surface area contributed by atoms with E-state index in [9.17, 15) is 18.0 Å². The molecule has 0 saturated carbocycles. The second-order valence-corrected chi connectivity index (χ2v) is 6.59. The standard InChI is InChI=1S/C18H16F3N5OS/c1-2-26-16(14-9-5-6-10-22-14)24-25-17(26)28-11-15(27)23-13-8-4-3-7-12(13)18(19,20)21/h3-10H,2,11H2,1H3,(H,23,27). The van der Waals surface area contributed by atoms with Crippen LogP contribution in [0.25, 0.3) is 11.5 Å². The number of thioether (sulfide) groups is 1. The maximum Gasteiger partial charge on any atom is 0.418 e. The summed E-state index contributed by atoms with van der Waals surface area (Å²) in [6.07, 6.45) is -2.90. The van der Waals surface area contributed by atoms with E-state index in [2.05, 4.69) is 20.5 Å². The van der Waals surface area contributed by atoms with Gasteiger partial charge < -0.3 is 9.88 Å². The minimum absolute atomic E-state index is 0.105. The van der Waals surface area contributed by atoms with Crippen LogP contribution in [0, 0.1) is 0 Å². The van der Waals surface area contributed by atoms with Crippen molar-refractivity contribution in [1.82, 2.24) is 19.7 Å². The van der Waals surface area contributed by atoms with Gasteiger partial charge >= 0.3 is 6.18 Å². The number of hydrogen-bond donors (Lipinski definition) is 1. The average molecular weight is 407 g/mol. The molecular weight excluding hydrogens is 391 g/mol. The minimum atomic E-state index is -4.54. The van der Waals surface area contributed by atoms with Gasteiger partial charge in [0.2, 0.25) is 5.91 Å². The van der Waals surface area contributed by atoms with Crippen molar-refractivity contribution < 1.29 is 18.0 Å². The van der Waals surface area contributed by atoms with Crippen molar-refractivity contribution in [2.45, 2.75) is 24.8 Å². The van der Waals surface area contributed by atoms with Crippen LogP contribution in [0.4, 0.5) is 18.9 Å². The molecule has 2 heterocycles. The van der Waals surface area contributed by atoms with Gasteiger partial charge in [0.15, 0.2) is 11.0 Å². The van der Waals surface area contributed by atoms with Crippen molar-refractivity contribution in [3.8, 4) is 11.5 Å². The number of benzene rings is 1. The molecule has 2 aromatic heterocycles. The fourth-order valence-corrected chi connectivity index (χ4v) is 3.32.